The van der Waals surface area contributed by atoms with Gasteiger partial charge in [-0.2, -0.15) is 0 Å². The molecule has 2 aliphatic heterocycles. The predicted molar refractivity (Wildman–Crippen MR) is 141 cm³/mol. The topological polar surface area (TPSA) is 88.5 Å². The van der Waals surface area contributed by atoms with Crippen LogP contribution in [-0.2, 0) is 14.3 Å². The van der Waals surface area contributed by atoms with Crippen molar-refractivity contribution in [3.05, 3.63) is 65.2 Å². The molecule has 2 aliphatic rings. The van der Waals surface area contributed by atoms with Crippen molar-refractivity contribution >= 4 is 17.4 Å². The van der Waals surface area contributed by atoms with Gasteiger partial charge in [0.05, 0.1) is 38.5 Å². The van der Waals surface area contributed by atoms with E-state index in [-0.39, 0.29) is 11.3 Å². The third-order valence-electron chi connectivity index (χ3n) is 6.82. The fourth-order valence-electron chi connectivity index (χ4n) is 4.76. The van der Waals surface area contributed by atoms with E-state index >= 15 is 0 Å². The van der Waals surface area contributed by atoms with Crippen LogP contribution in [0.15, 0.2) is 54.1 Å². The van der Waals surface area contributed by atoms with Crippen LogP contribution < -0.4 is 9.47 Å². The van der Waals surface area contributed by atoms with Crippen LogP contribution in [-0.4, -0.2) is 79.7 Å². The molecule has 1 unspecified atom stereocenters. The molecule has 1 amide bonds. The van der Waals surface area contributed by atoms with Crippen molar-refractivity contribution in [2.75, 3.05) is 53.1 Å². The molecule has 1 N–H and O–H groups in total. The third kappa shape index (κ3) is 6.32. The number of aliphatic hydroxyl groups is 1. The first-order valence-electron chi connectivity index (χ1n) is 13.0. The summed E-state index contributed by atoms with van der Waals surface area (Å²) < 4.78 is 16.5. The number of benzene rings is 2. The lowest BCUT2D eigenvalue weighted by Crippen LogP contribution is -2.38. The highest BCUT2D eigenvalue weighted by Gasteiger charge is 2.45. The molecule has 2 heterocycles. The maximum atomic E-state index is 13.3. The van der Waals surface area contributed by atoms with Crippen LogP contribution in [0.25, 0.3) is 5.76 Å². The van der Waals surface area contributed by atoms with Gasteiger partial charge in [0, 0.05) is 31.7 Å². The van der Waals surface area contributed by atoms with Gasteiger partial charge in [-0.25, -0.2) is 0 Å². The van der Waals surface area contributed by atoms with Crippen molar-refractivity contribution in [2.45, 2.75) is 32.2 Å². The number of hydrogen-bond acceptors (Lipinski definition) is 7. The van der Waals surface area contributed by atoms with E-state index in [0.29, 0.717) is 49.8 Å². The Kier molecular flexibility index (Phi) is 9.19. The van der Waals surface area contributed by atoms with E-state index in [1.54, 1.807) is 42.3 Å². The minimum Gasteiger partial charge on any atom is -0.507 e. The summed E-state index contributed by atoms with van der Waals surface area (Å²) in [6.45, 7) is 6.99. The Bertz CT molecular complexity index is 1110. The van der Waals surface area contributed by atoms with Crippen LogP contribution in [0.2, 0.25) is 0 Å². The first-order valence-corrected chi connectivity index (χ1v) is 13.0. The summed E-state index contributed by atoms with van der Waals surface area (Å²) >= 11 is 0. The summed E-state index contributed by atoms with van der Waals surface area (Å²) in [5, 5.41) is 11.4. The monoisotopic (exact) mass is 508 g/mol. The number of likely N-dealkylation sites (tertiary alicyclic amines) is 1. The van der Waals surface area contributed by atoms with Gasteiger partial charge in [-0.05, 0) is 42.7 Å². The molecule has 2 aromatic carbocycles. The predicted octanol–water partition coefficient (Wildman–Crippen LogP) is 4.02. The van der Waals surface area contributed by atoms with Crippen molar-refractivity contribution in [3.8, 4) is 11.5 Å². The molecule has 8 heteroatoms. The number of hydrogen-bond donors (Lipinski definition) is 1. The highest BCUT2D eigenvalue weighted by atomic mass is 16.5. The summed E-state index contributed by atoms with van der Waals surface area (Å²) in [4.78, 5) is 30.4. The number of nitrogens with zero attached hydrogens (tertiary/aromatic N) is 2. The molecule has 0 aliphatic carbocycles. The van der Waals surface area contributed by atoms with E-state index in [0.717, 1.165) is 38.0 Å². The van der Waals surface area contributed by atoms with Gasteiger partial charge in [0.1, 0.15) is 17.3 Å². The van der Waals surface area contributed by atoms with Crippen molar-refractivity contribution in [3.63, 3.8) is 0 Å². The molecule has 0 spiro atoms. The van der Waals surface area contributed by atoms with Crippen LogP contribution in [0.3, 0.4) is 0 Å². The molecule has 4 rings (SSSR count). The number of ketones is 1. The van der Waals surface area contributed by atoms with Crippen LogP contribution in [0.1, 0.15) is 43.4 Å². The number of Topliss-reactive ketones (excluding diaryl/α,β-unsaturated/α-hetero) is 1. The molecular formula is C29H36N2O6. The quantitative estimate of drug-likeness (QED) is 0.212. The molecular weight excluding hydrogens is 472 g/mol. The summed E-state index contributed by atoms with van der Waals surface area (Å²) in [5.41, 5.74) is 1.27. The Balaban J connectivity index is 1.65. The molecule has 0 bridgehead atoms. The van der Waals surface area contributed by atoms with Gasteiger partial charge in [0.25, 0.3) is 11.7 Å². The Morgan fingerprint density at radius 2 is 1.78 bits per heavy atom. The zero-order valence-corrected chi connectivity index (χ0v) is 21.7. The fraction of sp³-hybridized carbons (Fsp3) is 0.448. The number of aliphatic hydroxyl groups excluding tert-OH is 1. The first kappa shape index (κ1) is 26.7. The molecule has 0 aromatic heterocycles. The molecule has 0 saturated carbocycles. The SMILES string of the molecule is CCCCOc1cccc(C(O)=C2C(=O)C(=O)N(CCCN3CCOCC3)C2c2ccc(OC)cc2)c1. The first-order chi connectivity index (χ1) is 18.0. The lowest BCUT2D eigenvalue weighted by Gasteiger charge is -2.29. The number of unbranched alkanes of at least 4 members (excludes halogenated alkanes) is 1. The summed E-state index contributed by atoms with van der Waals surface area (Å²) in [6, 6.07) is 13.6. The number of carbonyl (C=O) groups excluding carboxylic acids is 2. The van der Waals surface area contributed by atoms with Crippen LogP contribution >= 0.6 is 0 Å². The van der Waals surface area contributed by atoms with Crippen molar-refractivity contribution in [2.24, 2.45) is 0 Å². The van der Waals surface area contributed by atoms with E-state index < -0.39 is 17.7 Å². The van der Waals surface area contributed by atoms with Gasteiger partial charge in [-0.15, -0.1) is 0 Å². The van der Waals surface area contributed by atoms with E-state index in [1.165, 1.54) is 0 Å². The second kappa shape index (κ2) is 12.7. The molecule has 2 saturated heterocycles. The molecule has 8 nitrogen and oxygen atoms in total. The van der Waals surface area contributed by atoms with Crippen LogP contribution in [0, 0.1) is 0 Å². The Morgan fingerprint density at radius 1 is 1.03 bits per heavy atom. The van der Waals surface area contributed by atoms with E-state index in [9.17, 15) is 14.7 Å². The van der Waals surface area contributed by atoms with Gasteiger partial charge in [0.2, 0.25) is 0 Å². The smallest absolute Gasteiger partial charge is 0.295 e. The largest absolute Gasteiger partial charge is 0.507 e. The van der Waals surface area contributed by atoms with E-state index in [2.05, 4.69) is 11.8 Å². The van der Waals surface area contributed by atoms with Gasteiger partial charge >= 0.3 is 0 Å². The highest BCUT2D eigenvalue weighted by molar-refractivity contribution is 6.46. The number of rotatable bonds is 11. The van der Waals surface area contributed by atoms with Gasteiger partial charge in [-0.1, -0.05) is 37.6 Å². The molecule has 0 radical (unpaired) electrons. The van der Waals surface area contributed by atoms with Crippen molar-refractivity contribution < 1.29 is 28.9 Å². The van der Waals surface area contributed by atoms with Crippen LogP contribution in [0.4, 0.5) is 0 Å². The Labute approximate surface area is 218 Å². The summed E-state index contributed by atoms with van der Waals surface area (Å²) in [5.74, 6) is -0.194. The van der Waals surface area contributed by atoms with Gasteiger partial charge in [-0.3, -0.25) is 14.5 Å². The van der Waals surface area contributed by atoms with Crippen molar-refractivity contribution in [1.29, 1.82) is 0 Å². The molecule has 198 valence electrons. The molecule has 1 atom stereocenters. The molecule has 2 aromatic rings. The zero-order valence-electron chi connectivity index (χ0n) is 21.7. The maximum Gasteiger partial charge on any atom is 0.295 e. The summed E-state index contributed by atoms with van der Waals surface area (Å²) in [7, 11) is 1.59. The second-order valence-corrected chi connectivity index (χ2v) is 9.30. The molecule has 37 heavy (non-hydrogen) atoms. The zero-order chi connectivity index (χ0) is 26.2. The Morgan fingerprint density at radius 3 is 2.49 bits per heavy atom. The van der Waals surface area contributed by atoms with Gasteiger partial charge in [0.15, 0.2) is 0 Å². The van der Waals surface area contributed by atoms with Crippen molar-refractivity contribution in [1.82, 2.24) is 9.80 Å². The Hall–Kier alpha value is -3.36. The van der Waals surface area contributed by atoms with E-state index in [4.69, 9.17) is 14.2 Å². The van der Waals surface area contributed by atoms with E-state index in [1.807, 2.05) is 18.2 Å². The average Bonchev–Trinajstić information content (AvgIpc) is 3.18. The highest BCUT2D eigenvalue weighted by Crippen LogP contribution is 2.40. The number of morpholine rings is 1. The summed E-state index contributed by atoms with van der Waals surface area (Å²) in [6.07, 6.45) is 2.64. The van der Waals surface area contributed by atoms with Crippen LogP contribution in [0.5, 0.6) is 11.5 Å². The van der Waals surface area contributed by atoms with Gasteiger partial charge < -0.3 is 24.2 Å². The second-order valence-electron chi connectivity index (χ2n) is 9.30. The molecule has 2 fully saturated rings. The number of ether oxygens (including phenoxy) is 3. The lowest BCUT2D eigenvalue weighted by atomic mass is 9.95. The lowest BCUT2D eigenvalue weighted by molar-refractivity contribution is -0.140. The fourth-order valence-corrected chi connectivity index (χ4v) is 4.76. The number of methoxy groups -OCH3 is 1. The average molecular weight is 509 g/mol. The number of carbonyl (C=O) groups is 2. The minimum atomic E-state index is -0.694. The standard InChI is InChI=1S/C29H36N2O6/c1-3-4-17-37-24-8-5-7-22(20-24)27(32)25-26(21-9-11-23(35-2)12-10-21)31(29(34)28(25)33)14-6-13-30-15-18-36-19-16-30/h5,7-12,20,26,32H,3-4,6,13-19H2,1-2H3. The minimum absolute atomic E-state index is 0.0900. The maximum absolute atomic E-state index is 13.3. The number of amides is 1. The normalized spacial score (nSPS) is 19.8. The third-order valence-corrected chi connectivity index (χ3v) is 6.82.